The molecule has 1 amide bonds. The highest BCUT2D eigenvalue weighted by Crippen LogP contribution is 2.31. The van der Waals surface area contributed by atoms with E-state index in [-0.39, 0.29) is 40.4 Å². The Morgan fingerprint density at radius 1 is 1.05 bits per heavy atom. The van der Waals surface area contributed by atoms with Crippen LogP contribution >= 0.6 is 11.3 Å². The lowest BCUT2D eigenvalue weighted by Gasteiger charge is -2.10. The van der Waals surface area contributed by atoms with E-state index in [2.05, 4.69) is 10.4 Å². The molecule has 2 heterocycles. The van der Waals surface area contributed by atoms with Gasteiger partial charge in [0.15, 0.2) is 12.3 Å². The van der Waals surface area contributed by atoms with Crippen LogP contribution in [0.5, 0.6) is 5.75 Å². The third-order valence-electron chi connectivity index (χ3n) is 5.54. The second-order valence-electron chi connectivity index (χ2n) is 7.96. The molecule has 1 N–H and O–H groups in total. The molecular weight excluding hydrogens is 497 g/mol. The number of carbonyl (C=O) groups is 2. The number of hydrogen-bond donors (Lipinski definition) is 1. The minimum Gasteiger partial charge on any atom is -0.484 e. The van der Waals surface area contributed by atoms with Gasteiger partial charge in [-0.1, -0.05) is 30.3 Å². The minimum atomic E-state index is -0.723. The summed E-state index contributed by atoms with van der Waals surface area (Å²) in [5.74, 6) is -1.17. The van der Waals surface area contributed by atoms with Gasteiger partial charge in [0.1, 0.15) is 16.6 Å². The average molecular weight is 518 g/mol. The molecule has 0 saturated heterocycles. The molecule has 0 aliphatic carbocycles. The molecule has 0 atom stereocenters. The number of carbonyl (C=O) groups excluding carboxylic acids is 2. The van der Waals surface area contributed by atoms with E-state index in [4.69, 9.17) is 9.47 Å². The summed E-state index contributed by atoms with van der Waals surface area (Å²) in [5.41, 5.74) is -0.423. The molecule has 5 rings (SSSR count). The van der Waals surface area contributed by atoms with E-state index in [1.807, 2.05) is 36.4 Å². The summed E-state index contributed by atoms with van der Waals surface area (Å²) in [5, 5.41) is 11.0. The standard InChI is InChI=1S/C27H20FN3O5S/c1-2-35-27(34)24-21-15-37-25(23(21)26(33)31(30-24)19-10-8-18(28)9-11-19)29-22(32)14-36-20-12-7-16-5-3-4-6-17(16)13-20/h3-13,15H,2,14H2,1H3,(H,29,32). The number of nitrogens with zero attached hydrogens (tertiary/aromatic N) is 2. The number of benzene rings is 3. The summed E-state index contributed by atoms with van der Waals surface area (Å²) in [4.78, 5) is 38.8. The van der Waals surface area contributed by atoms with E-state index in [0.29, 0.717) is 5.75 Å². The van der Waals surface area contributed by atoms with Gasteiger partial charge in [0.2, 0.25) is 0 Å². The number of aromatic nitrogens is 2. The number of amides is 1. The van der Waals surface area contributed by atoms with Crippen molar-refractivity contribution in [2.75, 3.05) is 18.5 Å². The number of rotatable bonds is 7. The molecule has 0 unspecified atom stereocenters. The van der Waals surface area contributed by atoms with Crippen LogP contribution in [-0.2, 0) is 9.53 Å². The van der Waals surface area contributed by atoms with Crippen LogP contribution in [0, 0.1) is 5.82 Å². The Balaban J connectivity index is 1.46. The molecule has 8 nitrogen and oxygen atoms in total. The number of ether oxygens (including phenoxy) is 2. The largest absolute Gasteiger partial charge is 0.484 e. The van der Waals surface area contributed by atoms with E-state index in [9.17, 15) is 18.8 Å². The zero-order valence-electron chi connectivity index (χ0n) is 19.6. The number of hydrogen-bond acceptors (Lipinski definition) is 7. The first-order valence-electron chi connectivity index (χ1n) is 11.3. The van der Waals surface area contributed by atoms with Crippen molar-refractivity contribution in [3.8, 4) is 11.4 Å². The molecule has 0 spiro atoms. The zero-order chi connectivity index (χ0) is 25.9. The van der Waals surface area contributed by atoms with Gasteiger partial charge in [0, 0.05) is 10.8 Å². The Kier molecular flexibility index (Phi) is 6.65. The predicted octanol–water partition coefficient (Wildman–Crippen LogP) is 4.93. The van der Waals surface area contributed by atoms with Crippen molar-refractivity contribution < 1.29 is 23.5 Å². The average Bonchev–Trinajstić information content (AvgIpc) is 3.32. The molecule has 0 fully saturated rings. The molecule has 5 aromatic rings. The highest BCUT2D eigenvalue weighted by molar-refractivity contribution is 7.16. The van der Waals surface area contributed by atoms with Crippen LogP contribution in [0.4, 0.5) is 9.39 Å². The molecule has 37 heavy (non-hydrogen) atoms. The van der Waals surface area contributed by atoms with Gasteiger partial charge in [-0.05, 0) is 54.1 Å². The number of esters is 1. The summed E-state index contributed by atoms with van der Waals surface area (Å²) in [7, 11) is 0. The molecule has 0 radical (unpaired) electrons. The minimum absolute atomic E-state index is 0.0893. The fourth-order valence-corrected chi connectivity index (χ4v) is 4.77. The molecule has 186 valence electrons. The topological polar surface area (TPSA) is 99.5 Å². The summed E-state index contributed by atoms with van der Waals surface area (Å²) in [6.07, 6.45) is 0. The predicted molar refractivity (Wildman–Crippen MR) is 139 cm³/mol. The highest BCUT2D eigenvalue weighted by Gasteiger charge is 2.23. The zero-order valence-corrected chi connectivity index (χ0v) is 20.4. The molecule has 0 aliphatic rings. The van der Waals surface area contributed by atoms with E-state index in [0.717, 1.165) is 26.8 Å². The Hall–Kier alpha value is -4.57. The normalized spacial score (nSPS) is 11.0. The van der Waals surface area contributed by atoms with Gasteiger partial charge >= 0.3 is 5.97 Å². The summed E-state index contributed by atoms with van der Waals surface area (Å²) >= 11 is 1.08. The van der Waals surface area contributed by atoms with Gasteiger partial charge in [-0.25, -0.2) is 9.18 Å². The quantitative estimate of drug-likeness (QED) is 0.307. The van der Waals surface area contributed by atoms with Crippen LogP contribution in [0.2, 0.25) is 0 Å². The van der Waals surface area contributed by atoms with Crippen LogP contribution in [0.3, 0.4) is 0 Å². The maximum Gasteiger partial charge on any atom is 0.359 e. The van der Waals surface area contributed by atoms with Gasteiger partial charge in [-0.3, -0.25) is 9.59 Å². The summed E-state index contributed by atoms with van der Waals surface area (Å²) < 4.78 is 25.2. The third kappa shape index (κ3) is 4.91. The Morgan fingerprint density at radius 3 is 2.57 bits per heavy atom. The SMILES string of the molecule is CCOC(=O)c1nn(-c2ccc(F)cc2)c(=O)c2c(NC(=O)COc3ccc4ccccc4c3)scc12. The van der Waals surface area contributed by atoms with E-state index < -0.39 is 23.3 Å². The van der Waals surface area contributed by atoms with Crippen molar-refractivity contribution in [3.63, 3.8) is 0 Å². The lowest BCUT2D eigenvalue weighted by molar-refractivity contribution is -0.118. The first-order chi connectivity index (χ1) is 17.9. The lowest BCUT2D eigenvalue weighted by atomic mass is 10.1. The highest BCUT2D eigenvalue weighted by atomic mass is 32.1. The van der Waals surface area contributed by atoms with Crippen LogP contribution in [0.25, 0.3) is 27.2 Å². The van der Waals surface area contributed by atoms with Gasteiger partial charge in [0.25, 0.3) is 11.5 Å². The molecule has 0 bridgehead atoms. The number of halogens is 1. The van der Waals surface area contributed by atoms with E-state index in [1.54, 1.807) is 18.4 Å². The number of anilines is 1. The summed E-state index contributed by atoms with van der Waals surface area (Å²) in [6, 6.07) is 18.4. The van der Waals surface area contributed by atoms with Crippen molar-refractivity contribution in [2.24, 2.45) is 0 Å². The van der Waals surface area contributed by atoms with Crippen LogP contribution < -0.4 is 15.6 Å². The fourth-order valence-electron chi connectivity index (χ4n) is 3.82. The summed E-state index contributed by atoms with van der Waals surface area (Å²) in [6.45, 7) is 1.47. The first-order valence-corrected chi connectivity index (χ1v) is 12.2. The second-order valence-corrected chi connectivity index (χ2v) is 8.84. The number of fused-ring (bicyclic) bond motifs is 2. The van der Waals surface area contributed by atoms with Crippen molar-refractivity contribution >= 4 is 49.8 Å². The number of thiophene rings is 1. The van der Waals surface area contributed by atoms with Crippen molar-refractivity contribution in [3.05, 3.63) is 94.0 Å². The molecule has 2 aromatic heterocycles. The molecule has 0 saturated carbocycles. The van der Waals surface area contributed by atoms with Crippen LogP contribution in [0.15, 0.2) is 76.9 Å². The van der Waals surface area contributed by atoms with Crippen molar-refractivity contribution in [1.29, 1.82) is 0 Å². The smallest absolute Gasteiger partial charge is 0.359 e. The van der Waals surface area contributed by atoms with Crippen LogP contribution in [0.1, 0.15) is 17.4 Å². The maximum absolute atomic E-state index is 13.5. The van der Waals surface area contributed by atoms with Gasteiger partial charge < -0.3 is 14.8 Å². The molecule has 0 aliphatic heterocycles. The maximum atomic E-state index is 13.5. The van der Waals surface area contributed by atoms with E-state index in [1.165, 1.54) is 24.3 Å². The monoisotopic (exact) mass is 517 g/mol. The fraction of sp³-hybridized carbons (Fsp3) is 0.111. The van der Waals surface area contributed by atoms with Crippen molar-refractivity contribution in [1.82, 2.24) is 9.78 Å². The second kappa shape index (κ2) is 10.2. The molecular formula is C27H20FN3O5S. The van der Waals surface area contributed by atoms with Crippen LogP contribution in [-0.4, -0.2) is 34.9 Å². The lowest BCUT2D eigenvalue weighted by Crippen LogP contribution is -2.26. The van der Waals surface area contributed by atoms with Gasteiger partial charge in [-0.2, -0.15) is 9.78 Å². The molecule has 10 heteroatoms. The van der Waals surface area contributed by atoms with E-state index >= 15 is 0 Å². The molecule has 3 aromatic carbocycles. The Bertz CT molecular complexity index is 1690. The van der Waals surface area contributed by atoms with Gasteiger partial charge in [-0.15, -0.1) is 11.3 Å². The Labute approximate surface area is 213 Å². The number of nitrogens with one attached hydrogen (secondary N) is 1. The first kappa shape index (κ1) is 24.1. The Morgan fingerprint density at radius 2 is 1.81 bits per heavy atom. The van der Waals surface area contributed by atoms with Gasteiger partial charge in [0.05, 0.1) is 17.7 Å². The third-order valence-corrected chi connectivity index (χ3v) is 6.43. The van der Waals surface area contributed by atoms with Crippen molar-refractivity contribution in [2.45, 2.75) is 6.92 Å².